The van der Waals surface area contributed by atoms with Crippen LogP contribution in [0.1, 0.15) is 60.8 Å². The summed E-state index contributed by atoms with van der Waals surface area (Å²) in [6.07, 6.45) is 2.02. The molecule has 0 aromatic heterocycles. The molecule has 0 spiro atoms. The molecule has 5 heteroatoms. The molecule has 114 valence electrons. The van der Waals surface area contributed by atoms with E-state index in [4.69, 9.17) is 4.74 Å². The molecule has 0 saturated carbocycles. The van der Waals surface area contributed by atoms with Crippen molar-refractivity contribution in [2.75, 3.05) is 6.61 Å². The second-order valence-electron chi connectivity index (χ2n) is 6.05. The van der Waals surface area contributed by atoms with Gasteiger partial charge in [-0.15, -0.1) is 0 Å². The minimum atomic E-state index is -1.07. The normalized spacial score (nSPS) is 15.3. The van der Waals surface area contributed by atoms with Crippen molar-refractivity contribution >= 4 is 17.0 Å². The van der Waals surface area contributed by atoms with Gasteiger partial charge in [0.2, 0.25) is 0 Å². The summed E-state index contributed by atoms with van der Waals surface area (Å²) in [5.41, 5.74) is 0. The van der Waals surface area contributed by atoms with Crippen molar-refractivity contribution in [3.05, 3.63) is 0 Å². The van der Waals surface area contributed by atoms with Crippen LogP contribution in [0.2, 0.25) is 0 Å². The monoisotopic (exact) mass is 291 g/mol. The van der Waals surface area contributed by atoms with E-state index < -0.39 is 11.0 Å². The van der Waals surface area contributed by atoms with E-state index in [1.54, 1.807) is 0 Å². The molecule has 0 unspecified atom stereocenters. The van der Waals surface area contributed by atoms with Crippen molar-refractivity contribution < 1.29 is 13.7 Å². The van der Waals surface area contributed by atoms with Crippen molar-refractivity contribution in [2.24, 2.45) is 5.92 Å². The molecule has 0 rings (SSSR count). The highest BCUT2D eigenvalue weighted by Gasteiger charge is 2.24. The van der Waals surface area contributed by atoms with Gasteiger partial charge in [0.25, 0.3) is 0 Å². The van der Waals surface area contributed by atoms with E-state index in [1.165, 1.54) is 0 Å². The summed E-state index contributed by atoms with van der Waals surface area (Å²) in [6, 6.07) is 0.162. The topological polar surface area (TPSA) is 55.4 Å². The van der Waals surface area contributed by atoms with E-state index in [2.05, 4.69) is 18.6 Å². The first-order valence-electron chi connectivity index (χ1n) is 7.02. The maximum atomic E-state index is 12.1. The SMILES string of the molecule is CCOC(=O)CCC[C@H](N[S@@](=O)C(C)(C)C)C(C)C. The number of hydrogen-bond donors (Lipinski definition) is 1. The molecule has 0 aliphatic carbocycles. The number of esters is 1. The van der Waals surface area contributed by atoms with Gasteiger partial charge < -0.3 is 4.74 Å². The van der Waals surface area contributed by atoms with Crippen LogP contribution in [-0.4, -0.2) is 27.6 Å². The van der Waals surface area contributed by atoms with Gasteiger partial charge in [0.15, 0.2) is 0 Å². The van der Waals surface area contributed by atoms with Crippen LogP contribution in [0.5, 0.6) is 0 Å². The van der Waals surface area contributed by atoms with Crippen molar-refractivity contribution in [3.63, 3.8) is 0 Å². The van der Waals surface area contributed by atoms with Gasteiger partial charge in [-0.3, -0.25) is 4.79 Å². The molecule has 1 N–H and O–H groups in total. The lowest BCUT2D eigenvalue weighted by atomic mass is 9.99. The lowest BCUT2D eigenvalue weighted by Gasteiger charge is -2.26. The smallest absolute Gasteiger partial charge is 0.305 e. The van der Waals surface area contributed by atoms with Gasteiger partial charge in [0.05, 0.1) is 22.3 Å². The van der Waals surface area contributed by atoms with Crippen LogP contribution in [-0.2, 0) is 20.5 Å². The van der Waals surface area contributed by atoms with Gasteiger partial charge in [-0.05, 0) is 46.5 Å². The number of carbonyl (C=O) groups is 1. The van der Waals surface area contributed by atoms with Gasteiger partial charge in [-0.1, -0.05) is 13.8 Å². The Morgan fingerprint density at radius 2 is 1.89 bits per heavy atom. The molecule has 0 radical (unpaired) electrons. The van der Waals surface area contributed by atoms with Gasteiger partial charge in [0.1, 0.15) is 0 Å². The highest BCUT2D eigenvalue weighted by atomic mass is 32.2. The molecular weight excluding hydrogens is 262 g/mol. The first-order chi connectivity index (χ1) is 8.68. The first-order valence-corrected chi connectivity index (χ1v) is 8.17. The molecule has 0 bridgehead atoms. The zero-order chi connectivity index (χ0) is 15.1. The molecule has 4 nitrogen and oxygen atoms in total. The van der Waals surface area contributed by atoms with Crippen molar-refractivity contribution in [1.29, 1.82) is 0 Å². The molecule has 19 heavy (non-hydrogen) atoms. The molecule has 0 fully saturated rings. The predicted molar refractivity (Wildman–Crippen MR) is 80.1 cm³/mol. The van der Waals surface area contributed by atoms with Crippen LogP contribution in [0.3, 0.4) is 0 Å². The molecular formula is C14H29NO3S. The highest BCUT2D eigenvalue weighted by Crippen LogP contribution is 2.15. The second kappa shape index (κ2) is 8.69. The Balaban J connectivity index is 4.21. The van der Waals surface area contributed by atoms with E-state index in [1.807, 2.05) is 27.7 Å². The maximum Gasteiger partial charge on any atom is 0.305 e. The average molecular weight is 291 g/mol. The van der Waals surface area contributed by atoms with Crippen LogP contribution in [0.25, 0.3) is 0 Å². The molecule has 0 amide bonds. The molecule has 0 aromatic carbocycles. The van der Waals surface area contributed by atoms with E-state index >= 15 is 0 Å². The lowest BCUT2D eigenvalue weighted by Crippen LogP contribution is -2.42. The average Bonchev–Trinajstić information content (AvgIpc) is 2.26. The van der Waals surface area contributed by atoms with Crippen LogP contribution < -0.4 is 4.72 Å². The quantitative estimate of drug-likeness (QED) is 0.700. The summed E-state index contributed by atoms with van der Waals surface area (Å²) in [6.45, 7) is 12.3. The number of hydrogen-bond acceptors (Lipinski definition) is 3. The van der Waals surface area contributed by atoms with Crippen LogP contribution in [0.15, 0.2) is 0 Å². The van der Waals surface area contributed by atoms with Crippen molar-refractivity contribution in [2.45, 2.75) is 71.6 Å². The summed E-state index contributed by atoms with van der Waals surface area (Å²) in [5, 5.41) is 0. The largest absolute Gasteiger partial charge is 0.466 e. The molecule has 0 aromatic rings. The fourth-order valence-electron chi connectivity index (χ4n) is 1.54. The summed E-state index contributed by atoms with van der Waals surface area (Å²) in [7, 11) is -1.07. The van der Waals surface area contributed by atoms with E-state index in [0.29, 0.717) is 18.9 Å². The Morgan fingerprint density at radius 3 is 2.32 bits per heavy atom. The van der Waals surface area contributed by atoms with E-state index in [9.17, 15) is 9.00 Å². The van der Waals surface area contributed by atoms with Gasteiger partial charge in [-0.25, -0.2) is 8.93 Å². The summed E-state index contributed by atoms with van der Waals surface area (Å²) in [4.78, 5) is 11.3. The molecule has 0 aliphatic heterocycles. The Morgan fingerprint density at radius 1 is 1.32 bits per heavy atom. The Labute approximate surface area is 120 Å². The van der Waals surface area contributed by atoms with Crippen LogP contribution in [0, 0.1) is 5.92 Å². The summed E-state index contributed by atoms with van der Waals surface area (Å²) in [5.74, 6) is 0.232. The number of rotatable bonds is 8. The van der Waals surface area contributed by atoms with Gasteiger partial charge in [0, 0.05) is 12.5 Å². The minimum absolute atomic E-state index is 0.151. The Bertz CT molecular complexity index is 298. The van der Waals surface area contributed by atoms with Gasteiger partial charge in [-0.2, -0.15) is 0 Å². The summed E-state index contributed by atoms with van der Waals surface area (Å²) >= 11 is 0. The first kappa shape index (κ1) is 18.6. The fourth-order valence-corrected chi connectivity index (χ4v) is 2.56. The van der Waals surface area contributed by atoms with E-state index in [-0.39, 0.29) is 16.8 Å². The third kappa shape index (κ3) is 8.37. The fraction of sp³-hybridized carbons (Fsp3) is 0.929. The third-order valence-electron chi connectivity index (χ3n) is 2.82. The van der Waals surface area contributed by atoms with Crippen LogP contribution >= 0.6 is 0 Å². The number of ether oxygens (including phenoxy) is 1. The maximum absolute atomic E-state index is 12.1. The summed E-state index contributed by atoms with van der Waals surface area (Å²) < 4.78 is 19.9. The molecule has 0 saturated heterocycles. The highest BCUT2D eigenvalue weighted by molar-refractivity contribution is 7.84. The zero-order valence-electron chi connectivity index (χ0n) is 13.1. The van der Waals surface area contributed by atoms with Gasteiger partial charge >= 0.3 is 5.97 Å². The van der Waals surface area contributed by atoms with Crippen LogP contribution in [0.4, 0.5) is 0 Å². The molecule has 0 heterocycles. The molecule has 2 atom stereocenters. The van der Waals surface area contributed by atoms with Crippen molar-refractivity contribution in [3.8, 4) is 0 Å². The predicted octanol–water partition coefficient (Wildman–Crippen LogP) is 2.80. The Kier molecular flexibility index (Phi) is 8.50. The minimum Gasteiger partial charge on any atom is -0.466 e. The molecule has 0 aliphatic rings. The standard InChI is InChI=1S/C14H29NO3S/c1-7-18-13(16)10-8-9-12(11(2)3)15-19(17)14(4,5)6/h11-12,15H,7-10H2,1-6H3/t12-,19-/m0/s1. The number of nitrogens with one attached hydrogen (secondary N) is 1. The zero-order valence-corrected chi connectivity index (χ0v) is 13.9. The van der Waals surface area contributed by atoms with E-state index in [0.717, 1.165) is 12.8 Å². The lowest BCUT2D eigenvalue weighted by molar-refractivity contribution is -0.143. The Hall–Kier alpha value is -0.420. The second-order valence-corrected chi connectivity index (χ2v) is 8.04. The van der Waals surface area contributed by atoms with Crippen molar-refractivity contribution in [1.82, 2.24) is 4.72 Å². The number of carbonyl (C=O) groups excluding carboxylic acids is 1. The third-order valence-corrected chi connectivity index (χ3v) is 4.45.